The van der Waals surface area contributed by atoms with Crippen molar-refractivity contribution < 1.29 is 24.2 Å². The second-order valence-electron chi connectivity index (χ2n) is 9.05. The van der Waals surface area contributed by atoms with Crippen LogP contribution in [0.15, 0.2) is 35.9 Å². The molecule has 4 rings (SSSR count). The Labute approximate surface area is 187 Å². The third-order valence-corrected chi connectivity index (χ3v) is 7.46. The first-order valence-electron chi connectivity index (χ1n) is 11.1. The number of aryl methyl sites for hydroxylation is 1. The molecular weight excluding hydrogens is 414 g/mol. The molecule has 0 aliphatic carbocycles. The standard InChI is InChI=1S/C24H31NO5S/c1-15-7-9-17-5-3-4-6-20(17)16(2)8-10-18-12-19(29-22(26)11-15)13-24(28,30-18)21-14-31-23(27)25-21/h3-6,11,16,18-19,21,28H,7-10,12-14H2,1-2H3,(H,25,27)/t16-,18?,19+,21-,24+/m0/s1. The number of carbonyl (C=O) groups excluding carboxylic acids is 2. The average molecular weight is 446 g/mol. The Kier molecular flexibility index (Phi) is 6.74. The van der Waals surface area contributed by atoms with Gasteiger partial charge >= 0.3 is 5.97 Å². The first-order valence-corrected chi connectivity index (χ1v) is 12.1. The van der Waals surface area contributed by atoms with Crippen LogP contribution in [0, 0.1) is 0 Å². The number of thioether (sulfide) groups is 1. The van der Waals surface area contributed by atoms with Crippen LogP contribution >= 0.6 is 11.8 Å². The zero-order valence-electron chi connectivity index (χ0n) is 18.1. The quantitative estimate of drug-likeness (QED) is 0.634. The van der Waals surface area contributed by atoms with E-state index in [4.69, 9.17) is 9.47 Å². The number of aliphatic hydroxyl groups is 1. The van der Waals surface area contributed by atoms with Gasteiger partial charge in [-0.25, -0.2) is 4.79 Å². The summed E-state index contributed by atoms with van der Waals surface area (Å²) in [6, 6.07) is 7.97. The van der Waals surface area contributed by atoms with Gasteiger partial charge in [0.15, 0.2) is 5.79 Å². The molecule has 5 atom stereocenters. The number of hydrogen-bond donors (Lipinski definition) is 2. The highest BCUT2D eigenvalue weighted by atomic mass is 32.2. The second kappa shape index (κ2) is 9.35. The van der Waals surface area contributed by atoms with Crippen LogP contribution in [0.2, 0.25) is 0 Å². The van der Waals surface area contributed by atoms with Crippen molar-refractivity contribution in [3.05, 3.63) is 47.0 Å². The summed E-state index contributed by atoms with van der Waals surface area (Å²) in [4.78, 5) is 24.3. The molecule has 6 nitrogen and oxygen atoms in total. The Bertz CT molecular complexity index is 871. The normalized spacial score (nSPS) is 34.7. The van der Waals surface area contributed by atoms with Crippen LogP contribution in [-0.4, -0.2) is 46.1 Å². The summed E-state index contributed by atoms with van der Waals surface area (Å²) in [7, 11) is 0. The Morgan fingerprint density at radius 1 is 1.16 bits per heavy atom. The van der Waals surface area contributed by atoms with Crippen molar-refractivity contribution in [2.24, 2.45) is 0 Å². The van der Waals surface area contributed by atoms with Gasteiger partial charge in [0.25, 0.3) is 5.24 Å². The topological polar surface area (TPSA) is 84.9 Å². The molecular formula is C24H31NO5S. The molecule has 2 bridgehead atoms. The minimum atomic E-state index is -1.54. The lowest BCUT2D eigenvalue weighted by atomic mass is 9.86. The van der Waals surface area contributed by atoms with Crippen molar-refractivity contribution in [2.45, 2.75) is 82.3 Å². The molecule has 1 aromatic carbocycles. The predicted molar refractivity (Wildman–Crippen MR) is 120 cm³/mol. The van der Waals surface area contributed by atoms with Gasteiger partial charge in [-0.3, -0.25) is 4.79 Å². The number of rotatable bonds is 1. The number of esters is 1. The van der Waals surface area contributed by atoms with Crippen molar-refractivity contribution >= 4 is 23.0 Å². The summed E-state index contributed by atoms with van der Waals surface area (Å²) in [5, 5.41) is 13.9. The molecule has 168 valence electrons. The fourth-order valence-corrected chi connectivity index (χ4v) is 5.73. The number of ether oxygens (including phenoxy) is 2. The van der Waals surface area contributed by atoms with Crippen LogP contribution in [0.1, 0.15) is 63.0 Å². The maximum absolute atomic E-state index is 12.6. The molecule has 0 spiro atoms. The lowest BCUT2D eigenvalue weighted by Gasteiger charge is -2.43. The summed E-state index contributed by atoms with van der Waals surface area (Å²) < 4.78 is 11.9. The van der Waals surface area contributed by atoms with E-state index in [1.807, 2.05) is 6.92 Å². The van der Waals surface area contributed by atoms with Gasteiger partial charge in [-0.1, -0.05) is 48.5 Å². The van der Waals surface area contributed by atoms with Gasteiger partial charge in [0, 0.05) is 24.7 Å². The van der Waals surface area contributed by atoms with E-state index in [9.17, 15) is 14.7 Å². The van der Waals surface area contributed by atoms with Crippen LogP contribution in [0.25, 0.3) is 0 Å². The van der Waals surface area contributed by atoms with E-state index >= 15 is 0 Å². The van der Waals surface area contributed by atoms with Gasteiger partial charge in [0.1, 0.15) is 6.10 Å². The second-order valence-corrected chi connectivity index (χ2v) is 10.0. The van der Waals surface area contributed by atoms with Gasteiger partial charge in [0.2, 0.25) is 0 Å². The zero-order valence-corrected chi connectivity index (χ0v) is 19.0. The first kappa shape index (κ1) is 22.4. The highest BCUT2D eigenvalue weighted by molar-refractivity contribution is 8.14. The fraction of sp³-hybridized carbons (Fsp3) is 0.583. The number of amides is 1. The van der Waals surface area contributed by atoms with Crippen LogP contribution < -0.4 is 5.32 Å². The highest BCUT2D eigenvalue weighted by Crippen LogP contribution is 2.38. The van der Waals surface area contributed by atoms with E-state index in [0.29, 0.717) is 18.1 Å². The molecule has 2 N–H and O–H groups in total. The number of nitrogens with one attached hydrogen (secondary N) is 1. The molecule has 2 saturated heterocycles. The van der Waals surface area contributed by atoms with Gasteiger partial charge < -0.3 is 19.9 Å². The number of carbonyl (C=O) groups is 2. The van der Waals surface area contributed by atoms with Crippen LogP contribution in [0.5, 0.6) is 0 Å². The van der Waals surface area contributed by atoms with Crippen molar-refractivity contribution in [1.29, 1.82) is 0 Å². The molecule has 31 heavy (non-hydrogen) atoms. The molecule has 3 aliphatic rings. The lowest BCUT2D eigenvalue weighted by Crippen LogP contribution is -2.58. The van der Waals surface area contributed by atoms with Gasteiger partial charge in [-0.2, -0.15) is 0 Å². The zero-order chi connectivity index (χ0) is 22.0. The Balaban J connectivity index is 1.60. The lowest BCUT2D eigenvalue weighted by molar-refractivity contribution is -0.283. The van der Waals surface area contributed by atoms with Gasteiger partial charge in [0.05, 0.1) is 12.1 Å². The monoisotopic (exact) mass is 445 g/mol. The molecule has 7 heteroatoms. The van der Waals surface area contributed by atoms with E-state index in [-0.39, 0.29) is 23.7 Å². The molecule has 1 aromatic rings. The van der Waals surface area contributed by atoms with Crippen LogP contribution in [-0.2, 0) is 20.7 Å². The highest BCUT2D eigenvalue weighted by Gasteiger charge is 2.49. The Morgan fingerprint density at radius 3 is 2.74 bits per heavy atom. The number of allylic oxidation sites excluding steroid dienone is 1. The summed E-state index contributed by atoms with van der Waals surface area (Å²) in [6.45, 7) is 4.18. The Hall–Kier alpha value is -1.83. The van der Waals surface area contributed by atoms with Crippen molar-refractivity contribution in [3.63, 3.8) is 0 Å². The maximum atomic E-state index is 12.6. The molecule has 1 amide bonds. The van der Waals surface area contributed by atoms with E-state index in [0.717, 1.165) is 43.0 Å². The largest absolute Gasteiger partial charge is 0.459 e. The van der Waals surface area contributed by atoms with Gasteiger partial charge in [-0.05, 0) is 49.7 Å². The summed E-state index contributed by atoms with van der Waals surface area (Å²) in [6.07, 6.45) is 4.90. The number of benzene rings is 1. The average Bonchev–Trinajstić information content (AvgIpc) is 3.17. The number of fused-ring (bicyclic) bond motifs is 3. The minimum absolute atomic E-state index is 0.159. The smallest absolute Gasteiger partial charge is 0.330 e. The first-order chi connectivity index (χ1) is 14.8. The van der Waals surface area contributed by atoms with Crippen molar-refractivity contribution in [2.75, 3.05) is 5.75 Å². The summed E-state index contributed by atoms with van der Waals surface area (Å²) in [5.41, 5.74) is 3.61. The van der Waals surface area contributed by atoms with E-state index in [1.165, 1.54) is 11.1 Å². The van der Waals surface area contributed by atoms with E-state index in [1.54, 1.807) is 6.08 Å². The summed E-state index contributed by atoms with van der Waals surface area (Å²) in [5.74, 6) is -1.13. The molecule has 3 heterocycles. The minimum Gasteiger partial charge on any atom is -0.459 e. The van der Waals surface area contributed by atoms with E-state index < -0.39 is 17.9 Å². The van der Waals surface area contributed by atoms with Crippen molar-refractivity contribution in [1.82, 2.24) is 5.32 Å². The molecule has 2 fully saturated rings. The van der Waals surface area contributed by atoms with Gasteiger partial charge in [-0.15, -0.1) is 0 Å². The Morgan fingerprint density at radius 2 is 1.97 bits per heavy atom. The molecule has 0 radical (unpaired) electrons. The van der Waals surface area contributed by atoms with Crippen LogP contribution in [0.3, 0.4) is 0 Å². The molecule has 0 saturated carbocycles. The molecule has 3 aliphatic heterocycles. The maximum Gasteiger partial charge on any atom is 0.330 e. The SMILES string of the molecule is CC1=CC(=O)O[C@@H]2CC(CC[C@H](C)c3ccccc3CC1)O[C@@](O)([C@@H]1CSC(=O)N1)C2. The number of hydrogen-bond acceptors (Lipinski definition) is 6. The predicted octanol–water partition coefficient (Wildman–Crippen LogP) is 4.07. The van der Waals surface area contributed by atoms with Crippen molar-refractivity contribution in [3.8, 4) is 0 Å². The van der Waals surface area contributed by atoms with Crippen LogP contribution in [0.4, 0.5) is 4.79 Å². The third-order valence-electron chi connectivity index (χ3n) is 6.58. The van der Waals surface area contributed by atoms with E-state index in [2.05, 4.69) is 36.5 Å². The molecule has 1 unspecified atom stereocenters. The third kappa shape index (κ3) is 5.33. The summed E-state index contributed by atoms with van der Waals surface area (Å²) >= 11 is 1.14. The molecule has 0 aromatic heterocycles. The fourth-order valence-electron chi connectivity index (χ4n) is 4.84.